The van der Waals surface area contributed by atoms with Crippen molar-refractivity contribution in [2.75, 3.05) is 11.4 Å². The van der Waals surface area contributed by atoms with Crippen molar-refractivity contribution in [1.29, 1.82) is 0 Å². The first-order valence-electron chi connectivity index (χ1n) is 9.53. The number of rotatable bonds is 4. The third-order valence-corrected chi connectivity index (χ3v) is 4.90. The van der Waals surface area contributed by atoms with Gasteiger partial charge in [-0.15, -0.1) is 0 Å². The van der Waals surface area contributed by atoms with E-state index in [1.807, 2.05) is 0 Å². The van der Waals surface area contributed by atoms with E-state index in [-0.39, 0.29) is 28.2 Å². The number of ether oxygens (including phenoxy) is 2. The van der Waals surface area contributed by atoms with E-state index in [0.717, 1.165) is 17.0 Å². The van der Waals surface area contributed by atoms with Crippen molar-refractivity contribution in [3.8, 4) is 11.6 Å². The Morgan fingerprint density at radius 3 is 2.33 bits per heavy atom. The van der Waals surface area contributed by atoms with Crippen LogP contribution in [0.15, 0.2) is 18.2 Å². The second-order valence-corrected chi connectivity index (χ2v) is 7.56. The molecule has 1 aromatic carbocycles. The van der Waals surface area contributed by atoms with Gasteiger partial charge in [0.25, 0.3) is 0 Å². The number of alkyl halides is 6. The number of pyridine rings is 1. The maximum absolute atomic E-state index is 13.7. The van der Waals surface area contributed by atoms with E-state index in [9.17, 15) is 26.3 Å². The highest BCUT2D eigenvalue weighted by atomic mass is 19.4. The van der Waals surface area contributed by atoms with Crippen LogP contribution in [0.3, 0.4) is 0 Å². The number of fused-ring (bicyclic) bond motifs is 2. The van der Waals surface area contributed by atoms with Crippen molar-refractivity contribution in [3.05, 3.63) is 23.8 Å². The lowest BCUT2D eigenvalue weighted by Gasteiger charge is -2.42. The topological polar surface area (TPSA) is 34.6 Å². The van der Waals surface area contributed by atoms with Crippen LogP contribution in [0.25, 0.3) is 10.9 Å². The van der Waals surface area contributed by atoms with Crippen LogP contribution < -0.4 is 14.4 Å². The van der Waals surface area contributed by atoms with E-state index >= 15 is 0 Å². The summed E-state index contributed by atoms with van der Waals surface area (Å²) in [6.07, 6.45) is -9.79. The van der Waals surface area contributed by atoms with E-state index in [0.29, 0.717) is 6.42 Å². The zero-order chi connectivity index (χ0) is 22.4. The minimum Gasteiger partial charge on any atom is -0.486 e. The molecule has 10 heteroatoms. The number of anilines is 1. The van der Waals surface area contributed by atoms with Crippen molar-refractivity contribution in [1.82, 2.24) is 4.98 Å². The third kappa shape index (κ3) is 4.52. The summed E-state index contributed by atoms with van der Waals surface area (Å²) in [5.41, 5.74) is -1.12. The van der Waals surface area contributed by atoms with Gasteiger partial charge in [-0.3, -0.25) is 0 Å². The standard InChI is InChI=1S/C20H22F6N2O2/c1-5-16-11(4)28(9-19(21,22)23)15-6-12-13(20(24,25)26)7-18(29-10(2)3)27-14(12)8-17(15)30-16/h6-8,10-11,16H,5,9H2,1-4H3. The van der Waals surface area contributed by atoms with Crippen molar-refractivity contribution in [2.45, 2.75) is 64.7 Å². The van der Waals surface area contributed by atoms with Gasteiger partial charge in [0.2, 0.25) is 5.88 Å². The average Bonchev–Trinajstić information content (AvgIpc) is 2.59. The molecule has 0 radical (unpaired) electrons. The van der Waals surface area contributed by atoms with Gasteiger partial charge in [-0.1, -0.05) is 6.92 Å². The molecule has 2 unspecified atom stereocenters. The van der Waals surface area contributed by atoms with E-state index in [4.69, 9.17) is 9.47 Å². The van der Waals surface area contributed by atoms with Crippen molar-refractivity contribution in [2.24, 2.45) is 0 Å². The molecule has 2 aromatic rings. The van der Waals surface area contributed by atoms with Gasteiger partial charge < -0.3 is 14.4 Å². The Bertz CT molecular complexity index is 926. The monoisotopic (exact) mass is 436 g/mol. The predicted octanol–water partition coefficient (Wildman–Crippen LogP) is 5.97. The average molecular weight is 436 g/mol. The van der Waals surface area contributed by atoms with E-state index in [1.165, 1.54) is 6.07 Å². The van der Waals surface area contributed by atoms with Crippen LogP contribution in [0.1, 0.15) is 39.7 Å². The largest absolute Gasteiger partial charge is 0.486 e. The molecule has 0 saturated heterocycles. The summed E-state index contributed by atoms with van der Waals surface area (Å²) in [7, 11) is 0. The van der Waals surface area contributed by atoms with Gasteiger partial charge in [0.05, 0.1) is 28.9 Å². The number of hydrogen-bond acceptors (Lipinski definition) is 4. The third-order valence-electron chi connectivity index (χ3n) is 4.90. The fourth-order valence-electron chi connectivity index (χ4n) is 3.60. The Labute approximate surface area is 169 Å². The molecule has 2 atom stereocenters. The molecule has 0 saturated carbocycles. The highest BCUT2D eigenvalue weighted by Crippen LogP contribution is 2.44. The lowest BCUT2D eigenvalue weighted by Crippen LogP contribution is -2.51. The number of benzene rings is 1. The molecule has 1 aliphatic rings. The second-order valence-electron chi connectivity index (χ2n) is 7.56. The molecule has 0 aliphatic carbocycles. The normalized spacial score (nSPS) is 19.8. The molecular formula is C20H22F6N2O2. The summed E-state index contributed by atoms with van der Waals surface area (Å²) in [5, 5.41) is -0.310. The maximum Gasteiger partial charge on any atom is 0.417 e. The first-order valence-corrected chi connectivity index (χ1v) is 9.53. The highest BCUT2D eigenvalue weighted by Gasteiger charge is 2.41. The quantitative estimate of drug-likeness (QED) is 0.554. The first-order chi connectivity index (χ1) is 13.8. The molecule has 0 spiro atoms. The molecule has 2 heterocycles. The SMILES string of the molecule is CCC1Oc2cc3nc(OC(C)C)cc(C(F)(F)F)c3cc2N(CC(F)(F)F)C1C. The van der Waals surface area contributed by atoms with Crippen LogP contribution >= 0.6 is 0 Å². The summed E-state index contributed by atoms with van der Waals surface area (Å²) in [6.45, 7) is 5.34. The molecule has 0 N–H and O–H groups in total. The molecule has 4 nitrogen and oxygen atoms in total. The highest BCUT2D eigenvalue weighted by molar-refractivity contribution is 5.90. The maximum atomic E-state index is 13.7. The Morgan fingerprint density at radius 1 is 1.13 bits per heavy atom. The molecule has 30 heavy (non-hydrogen) atoms. The van der Waals surface area contributed by atoms with E-state index in [2.05, 4.69) is 4.98 Å². The van der Waals surface area contributed by atoms with E-state index in [1.54, 1.807) is 27.7 Å². The van der Waals surface area contributed by atoms with E-state index < -0.39 is 42.7 Å². The van der Waals surface area contributed by atoms with Crippen molar-refractivity contribution >= 4 is 16.6 Å². The van der Waals surface area contributed by atoms with Crippen molar-refractivity contribution in [3.63, 3.8) is 0 Å². The minimum absolute atomic E-state index is 0.0400. The van der Waals surface area contributed by atoms with Crippen LogP contribution in [0.2, 0.25) is 0 Å². The summed E-state index contributed by atoms with van der Waals surface area (Å²) >= 11 is 0. The Balaban J connectivity index is 2.24. The van der Waals surface area contributed by atoms with Gasteiger partial charge >= 0.3 is 12.4 Å². The van der Waals surface area contributed by atoms with Gasteiger partial charge in [-0.2, -0.15) is 26.3 Å². The lowest BCUT2D eigenvalue weighted by atomic mass is 10.0. The van der Waals surface area contributed by atoms with Gasteiger partial charge in [0.1, 0.15) is 18.4 Å². The van der Waals surface area contributed by atoms with Gasteiger partial charge in [0.15, 0.2) is 0 Å². The zero-order valence-electron chi connectivity index (χ0n) is 16.9. The number of hydrogen-bond donors (Lipinski definition) is 0. The smallest absolute Gasteiger partial charge is 0.417 e. The zero-order valence-corrected chi connectivity index (χ0v) is 16.9. The minimum atomic E-state index is -4.74. The van der Waals surface area contributed by atoms with Crippen LogP contribution in [0, 0.1) is 0 Å². The Kier molecular flexibility index (Phi) is 5.72. The fourth-order valence-corrected chi connectivity index (χ4v) is 3.60. The summed E-state index contributed by atoms with van der Waals surface area (Å²) in [4.78, 5) is 5.17. The molecule has 1 aliphatic heterocycles. The van der Waals surface area contributed by atoms with Crippen LogP contribution in [0.4, 0.5) is 32.0 Å². The van der Waals surface area contributed by atoms with Crippen LogP contribution in [-0.4, -0.2) is 36.0 Å². The van der Waals surface area contributed by atoms with Crippen LogP contribution in [-0.2, 0) is 6.18 Å². The molecule has 166 valence electrons. The van der Waals surface area contributed by atoms with Gasteiger partial charge in [0, 0.05) is 17.5 Å². The number of nitrogens with zero attached hydrogens (tertiary/aromatic N) is 2. The molecule has 0 fully saturated rings. The lowest BCUT2D eigenvalue weighted by molar-refractivity contribution is -0.136. The van der Waals surface area contributed by atoms with Crippen molar-refractivity contribution < 1.29 is 35.8 Å². The number of halogens is 6. The molecule has 0 bridgehead atoms. The molecular weight excluding hydrogens is 414 g/mol. The van der Waals surface area contributed by atoms with Gasteiger partial charge in [-0.25, -0.2) is 4.98 Å². The Hall–Kier alpha value is -2.39. The first kappa shape index (κ1) is 22.3. The molecule has 0 amide bonds. The Morgan fingerprint density at radius 2 is 1.80 bits per heavy atom. The summed E-state index contributed by atoms with van der Waals surface area (Å²) < 4.78 is 91.9. The number of aromatic nitrogens is 1. The predicted molar refractivity (Wildman–Crippen MR) is 100 cm³/mol. The van der Waals surface area contributed by atoms with Crippen LogP contribution in [0.5, 0.6) is 11.6 Å². The molecule has 3 rings (SSSR count). The summed E-state index contributed by atoms with van der Waals surface area (Å²) in [6, 6.07) is 2.43. The second kappa shape index (κ2) is 7.70. The molecule has 1 aromatic heterocycles. The summed E-state index contributed by atoms with van der Waals surface area (Å²) in [5.74, 6) is -0.146. The van der Waals surface area contributed by atoms with Gasteiger partial charge in [-0.05, 0) is 33.3 Å². The fraction of sp³-hybridized carbons (Fsp3) is 0.550.